The summed E-state index contributed by atoms with van der Waals surface area (Å²) >= 11 is 0. The molecule has 0 spiro atoms. The van der Waals surface area contributed by atoms with Crippen molar-refractivity contribution in [2.24, 2.45) is 0 Å². The Morgan fingerprint density at radius 2 is 1.95 bits per heavy atom. The van der Waals surface area contributed by atoms with Gasteiger partial charge in [-0.1, -0.05) is 36.4 Å². The second kappa shape index (κ2) is 6.20. The number of ether oxygens (including phenoxy) is 1. The standard InChI is InChI=1S/C15H18N2O2/c1-11(10-19-2)16-15(18)17-14-9-5-7-12-6-3-4-8-13(12)14/h3-9,11H,10H2,1-2H3,(H2,16,17,18). The Balaban J connectivity index is 2.11. The summed E-state index contributed by atoms with van der Waals surface area (Å²) < 4.78 is 4.98. The Bertz CT molecular complexity index is 564. The van der Waals surface area contributed by atoms with Crippen molar-refractivity contribution >= 4 is 22.5 Å². The van der Waals surface area contributed by atoms with Crippen molar-refractivity contribution in [3.63, 3.8) is 0 Å². The lowest BCUT2D eigenvalue weighted by molar-refractivity contribution is 0.173. The summed E-state index contributed by atoms with van der Waals surface area (Å²) in [5.41, 5.74) is 0.806. The lowest BCUT2D eigenvalue weighted by atomic mass is 10.1. The van der Waals surface area contributed by atoms with E-state index < -0.39 is 0 Å². The highest BCUT2D eigenvalue weighted by Gasteiger charge is 2.08. The van der Waals surface area contributed by atoms with Crippen molar-refractivity contribution in [3.05, 3.63) is 42.5 Å². The van der Waals surface area contributed by atoms with Crippen LogP contribution < -0.4 is 10.6 Å². The van der Waals surface area contributed by atoms with E-state index in [2.05, 4.69) is 10.6 Å². The fourth-order valence-electron chi connectivity index (χ4n) is 2.01. The van der Waals surface area contributed by atoms with Crippen LogP contribution in [0.25, 0.3) is 10.8 Å². The van der Waals surface area contributed by atoms with E-state index in [4.69, 9.17) is 4.74 Å². The van der Waals surface area contributed by atoms with Crippen LogP contribution in [-0.2, 0) is 4.74 Å². The van der Waals surface area contributed by atoms with Crippen molar-refractivity contribution in [2.75, 3.05) is 19.0 Å². The third kappa shape index (κ3) is 3.45. The van der Waals surface area contributed by atoms with Crippen LogP contribution in [0.3, 0.4) is 0 Å². The maximum absolute atomic E-state index is 11.9. The minimum absolute atomic E-state index is 0.0278. The largest absolute Gasteiger partial charge is 0.383 e. The van der Waals surface area contributed by atoms with Gasteiger partial charge in [0.25, 0.3) is 0 Å². The monoisotopic (exact) mass is 258 g/mol. The second-order valence-electron chi connectivity index (χ2n) is 4.48. The van der Waals surface area contributed by atoms with Crippen molar-refractivity contribution in [3.8, 4) is 0 Å². The molecule has 2 aromatic rings. The van der Waals surface area contributed by atoms with Crippen molar-refractivity contribution in [1.82, 2.24) is 5.32 Å². The zero-order valence-corrected chi connectivity index (χ0v) is 11.1. The van der Waals surface area contributed by atoms with E-state index in [0.29, 0.717) is 6.61 Å². The first kappa shape index (κ1) is 13.4. The number of rotatable bonds is 4. The molecule has 4 nitrogen and oxygen atoms in total. The molecule has 19 heavy (non-hydrogen) atoms. The molecule has 4 heteroatoms. The SMILES string of the molecule is COCC(C)NC(=O)Nc1cccc2ccccc12. The molecule has 0 saturated heterocycles. The van der Waals surface area contributed by atoms with E-state index in [0.717, 1.165) is 16.5 Å². The lowest BCUT2D eigenvalue weighted by Crippen LogP contribution is -2.38. The van der Waals surface area contributed by atoms with E-state index in [9.17, 15) is 4.79 Å². The van der Waals surface area contributed by atoms with Crippen LogP contribution in [0.4, 0.5) is 10.5 Å². The summed E-state index contributed by atoms with van der Waals surface area (Å²) in [5.74, 6) is 0. The Hall–Kier alpha value is -2.07. The Labute approximate surface area is 112 Å². The molecule has 0 aromatic heterocycles. The van der Waals surface area contributed by atoms with Crippen molar-refractivity contribution < 1.29 is 9.53 Å². The third-order valence-corrected chi connectivity index (χ3v) is 2.83. The van der Waals surface area contributed by atoms with Crippen LogP contribution in [0.2, 0.25) is 0 Å². The topological polar surface area (TPSA) is 50.4 Å². The highest BCUT2D eigenvalue weighted by atomic mass is 16.5. The number of benzene rings is 2. The molecule has 0 aliphatic carbocycles. The number of nitrogens with one attached hydrogen (secondary N) is 2. The van der Waals surface area contributed by atoms with Gasteiger partial charge in [-0.3, -0.25) is 0 Å². The van der Waals surface area contributed by atoms with Gasteiger partial charge < -0.3 is 15.4 Å². The molecule has 2 rings (SSSR count). The van der Waals surface area contributed by atoms with Crippen LogP contribution in [0.15, 0.2) is 42.5 Å². The Morgan fingerprint density at radius 3 is 2.74 bits per heavy atom. The minimum atomic E-state index is -0.221. The summed E-state index contributed by atoms with van der Waals surface area (Å²) in [4.78, 5) is 11.9. The van der Waals surface area contributed by atoms with E-state index in [1.165, 1.54) is 0 Å². The number of carbonyl (C=O) groups excluding carboxylic acids is 1. The van der Waals surface area contributed by atoms with Gasteiger partial charge in [-0.25, -0.2) is 4.79 Å². The summed E-state index contributed by atoms with van der Waals surface area (Å²) in [6, 6.07) is 13.5. The number of urea groups is 1. The van der Waals surface area contributed by atoms with Gasteiger partial charge >= 0.3 is 6.03 Å². The van der Waals surface area contributed by atoms with Gasteiger partial charge in [0.2, 0.25) is 0 Å². The molecule has 0 radical (unpaired) electrons. The first-order chi connectivity index (χ1) is 9.20. The zero-order chi connectivity index (χ0) is 13.7. The summed E-state index contributed by atoms with van der Waals surface area (Å²) in [5, 5.41) is 7.82. The number of carbonyl (C=O) groups is 1. The minimum Gasteiger partial charge on any atom is -0.383 e. The average molecular weight is 258 g/mol. The summed E-state index contributed by atoms with van der Waals surface area (Å²) in [6.45, 7) is 2.38. The Kier molecular flexibility index (Phi) is 4.36. The van der Waals surface area contributed by atoms with Gasteiger partial charge in [-0.05, 0) is 18.4 Å². The van der Waals surface area contributed by atoms with Gasteiger partial charge in [0.05, 0.1) is 18.3 Å². The number of fused-ring (bicyclic) bond motifs is 1. The maximum atomic E-state index is 11.9. The number of amides is 2. The molecular formula is C15H18N2O2. The van der Waals surface area contributed by atoms with Gasteiger partial charge in [0, 0.05) is 12.5 Å². The molecule has 0 aliphatic heterocycles. The van der Waals surface area contributed by atoms with Crippen LogP contribution in [0, 0.1) is 0 Å². The van der Waals surface area contributed by atoms with E-state index in [-0.39, 0.29) is 12.1 Å². The molecule has 0 aliphatic rings. The highest BCUT2D eigenvalue weighted by molar-refractivity contribution is 6.01. The molecular weight excluding hydrogens is 240 g/mol. The van der Waals surface area contributed by atoms with Crippen LogP contribution in [0.1, 0.15) is 6.92 Å². The fourth-order valence-corrected chi connectivity index (χ4v) is 2.01. The van der Waals surface area contributed by atoms with Gasteiger partial charge in [-0.15, -0.1) is 0 Å². The van der Waals surface area contributed by atoms with Gasteiger partial charge in [0.1, 0.15) is 0 Å². The molecule has 1 unspecified atom stereocenters. The predicted molar refractivity (Wildman–Crippen MR) is 77.4 cm³/mol. The average Bonchev–Trinajstić information content (AvgIpc) is 2.39. The summed E-state index contributed by atoms with van der Waals surface area (Å²) in [6.07, 6.45) is 0. The zero-order valence-electron chi connectivity index (χ0n) is 11.1. The van der Waals surface area contributed by atoms with Gasteiger partial charge in [0.15, 0.2) is 0 Å². The molecule has 1 atom stereocenters. The predicted octanol–water partition coefficient (Wildman–Crippen LogP) is 3.00. The first-order valence-electron chi connectivity index (χ1n) is 6.25. The van der Waals surface area contributed by atoms with Crippen molar-refractivity contribution in [1.29, 1.82) is 0 Å². The van der Waals surface area contributed by atoms with Crippen LogP contribution in [0.5, 0.6) is 0 Å². The first-order valence-corrected chi connectivity index (χ1v) is 6.25. The van der Waals surface area contributed by atoms with Gasteiger partial charge in [-0.2, -0.15) is 0 Å². The van der Waals surface area contributed by atoms with Crippen LogP contribution in [-0.4, -0.2) is 25.8 Å². The smallest absolute Gasteiger partial charge is 0.319 e. The molecule has 0 fully saturated rings. The van der Waals surface area contributed by atoms with E-state index in [1.54, 1.807) is 7.11 Å². The highest BCUT2D eigenvalue weighted by Crippen LogP contribution is 2.22. The lowest BCUT2D eigenvalue weighted by Gasteiger charge is -2.14. The molecule has 2 aromatic carbocycles. The normalized spacial score (nSPS) is 12.1. The number of methoxy groups -OCH3 is 1. The van der Waals surface area contributed by atoms with E-state index >= 15 is 0 Å². The van der Waals surface area contributed by atoms with Crippen molar-refractivity contribution in [2.45, 2.75) is 13.0 Å². The molecule has 2 N–H and O–H groups in total. The van der Waals surface area contributed by atoms with E-state index in [1.807, 2.05) is 49.4 Å². The Morgan fingerprint density at radius 1 is 1.21 bits per heavy atom. The molecule has 0 bridgehead atoms. The number of anilines is 1. The quantitative estimate of drug-likeness (QED) is 0.885. The fraction of sp³-hybridized carbons (Fsp3) is 0.267. The maximum Gasteiger partial charge on any atom is 0.319 e. The molecule has 100 valence electrons. The third-order valence-electron chi connectivity index (χ3n) is 2.83. The molecule has 0 saturated carbocycles. The second-order valence-corrected chi connectivity index (χ2v) is 4.48. The number of hydrogen-bond acceptors (Lipinski definition) is 2. The summed E-state index contributed by atoms with van der Waals surface area (Å²) in [7, 11) is 1.61. The molecule has 2 amide bonds. The molecule has 0 heterocycles. The van der Waals surface area contributed by atoms with Crippen LogP contribution >= 0.6 is 0 Å². The number of hydrogen-bond donors (Lipinski definition) is 2.